The quantitative estimate of drug-likeness (QED) is 0.742. The van der Waals surface area contributed by atoms with Crippen LogP contribution in [0.2, 0.25) is 0 Å². The maximum Gasteiger partial charge on any atom is 0.168 e. The maximum atomic E-state index is 10.5. The van der Waals surface area contributed by atoms with Crippen LogP contribution in [0.4, 0.5) is 0 Å². The summed E-state index contributed by atoms with van der Waals surface area (Å²) < 4.78 is 5.57. The number of pyridine rings is 1. The molecule has 3 nitrogen and oxygen atoms in total. The van der Waals surface area contributed by atoms with Crippen LogP contribution in [0.15, 0.2) is 49.2 Å². The first kappa shape index (κ1) is 13.0. The summed E-state index contributed by atoms with van der Waals surface area (Å²) in [4.78, 5) is 14.4. The predicted octanol–water partition coefficient (Wildman–Crippen LogP) is 3.16. The third-order valence-corrected chi connectivity index (χ3v) is 2.75. The summed E-state index contributed by atoms with van der Waals surface area (Å²) in [6.45, 7) is 4.30. The first-order valence-corrected chi connectivity index (χ1v) is 6.07. The average molecular weight is 253 g/mol. The van der Waals surface area contributed by atoms with Crippen molar-refractivity contribution in [3.8, 4) is 5.75 Å². The number of rotatable bonds is 6. The SMILES string of the molecule is C=Cc1ccc(CCOc2ccc(C=O)nc2)cc1. The molecule has 3 heteroatoms. The van der Waals surface area contributed by atoms with Gasteiger partial charge in [0.2, 0.25) is 0 Å². The number of aldehydes is 1. The lowest BCUT2D eigenvalue weighted by Crippen LogP contribution is -2.02. The third kappa shape index (κ3) is 3.78. The Morgan fingerprint density at radius 1 is 1.16 bits per heavy atom. The Labute approximate surface area is 112 Å². The van der Waals surface area contributed by atoms with E-state index in [4.69, 9.17) is 4.74 Å². The molecule has 0 fully saturated rings. The van der Waals surface area contributed by atoms with Crippen LogP contribution in [0.1, 0.15) is 21.6 Å². The van der Waals surface area contributed by atoms with Gasteiger partial charge in [-0.3, -0.25) is 4.79 Å². The number of carbonyl (C=O) groups is 1. The van der Waals surface area contributed by atoms with Gasteiger partial charge < -0.3 is 4.74 Å². The minimum atomic E-state index is 0.410. The van der Waals surface area contributed by atoms with E-state index in [0.29, 0.717) is 24.3 Å². The standard InChI is InChI=1S/C16H15NO2/c1-2-13-3-5-14(6-4-13)9-10-19-16-8-7-15(12-18)17-11-16/h2-8,11-12H,1,9-10H2. The van der Waals surface area contributed by atoms with E-state index in [-0.39, 0.29) is 0 Å². The zero-order chi connectivity index (χ0) is 13.5. The van der Waals surface area contributed by atoms with Crippen LogP contribution in [0.5, 0.6) is 5.75 Å². The van der Waals surface area contributed by atoms with E-state index in [1.54, 1.807) is 18.3 Å². The molecule has 0 saturated heterocycles. The zero-order valence-corrected chi connectivity index (χ0v) is 10.6. The summed E-state index contributed by atoms with van der Waals surface area (Å²) in [5.74, 6) is 0.674. The van der Waals surface area contributed by atoms with E-state index >= 15 is 0 Å². The highest BCUT2D eigenvalue weighted by Gasteiger charge is 1.97. The van der Waals surface area contributed by atoms with Gasteiger partial charge in [0.15, 0.2) is 6.29 Å². The van der Waals surface area contributed by atoms with Gasteiger partial charge in [0.05, 0.1) is 12.8 Å². The Bertz CT molecular complexity index is 492. The Hall–Kier alpha value is -2.42. The summed E-state index contributed by atoms with van der Waals surface area (Å²) in [6, 6.07) is 11.6. The van der Waals surface area contributed by atoms with E-state index in [2.05, 4.69) is 23.7 Å². The zero-order valence-electron chi connectivity index (χ0n) is 10.6. The molecule has 0 N–H and O–H groups in total. The number of aromatic nitrogens is 1. The Morgan fingerprint density at radius 2 is 1.95 bits per heavy atom. The lowest BCUT2D eigenvalue weighted by atomic mass is 10.1. The predicted molar refractivity (Wildman–Crippen MR) is 75.4 cm³/mol. The van der Waals surface area contributed by atoms with E-state index in [1.807, 2.05) is 18.2 Å². The van der Waals surface area contributed by atoms with Crippen molar-refractivity contribution < 1.29 is 9.53 Å². The van der Waals surface area contributed by atoms with Gasteiger partial charge in [-0.05, 0) is 23.3 Å². The largest absolute Gasteiger partial charge is 0.492 e. The first-order chi connectivity index (χ1) is 9.31. The lowest BCUT2D eigenvalue weighted by molar-refractivity contribution is 0.111. The van der Waals surface area contributed by atoms with Crippen LogP contribution in [0.3, 0.4) is 0 Å². The molecule has 0 aliphatic heterocycles. The van der Waals surface area contributed by atoms with Crippen molar-refractivity contribution >= 4 is 12.4 Å². The monoisotopic (exact) mass is 253 g/mol. The maximum absolute atomic E-state index is 10.5. The van der Waals surface area contributed by atoms with Crippen LogP contribution in [0.25, 0.3) is 6.08 Å². The fraction of sp³-hybridized carbons (Fsp3) is 0.125. The molecule has 0 saturated carbocycles. The van der Waals surface area contributed by atoms with Crippen LogP contribution in [-0.4, -0.2) is 17.9 Å². The van der Waals surface area contributed by atoms with Crippen LogP contribution in [-0.2, 0) is 6.42 Å². The second kappa shape index (κ2) is 6.50. The molecule has 0 aliphatic carbocycles. The molecule has 0 aliphatic rings. The Balaban J connectivity index is 1.84. The van der Waals surface area contributed by atoms with E-state index in [0.717, 1.165) is 12.0 Å². The highest BCUT2D eigenvalue weighted by Crippen LogP contribution is 2.10. The van der Waals surface area contributed by atoms with Crippen molar-refractivity contribution in [2.45, 2.75) is 6.42 Å². The molecule has 96 valence electrons. The highest BCUT2D eigenvalue weighted by molar-refractivity contribution is 5.71. The summed E-state index contributed by atoms with van der Waals surface area (Å²) in [5.41, 5.74) is 2.73. The fourth-order valence-corrected chi connectivity index (χ4v) is 1.65. The molecule has 1 heterocycles. The lowest BCUT2D eigenvalue weighted by Gasteiger charge is -2.06. The van der Waals surface area contributed by atoms with E-state index in [9.17, 15) is 4.79 Å². The third-order valence-electron chi connectivity index (χ3n) is 2.75. The molecule has 0 unspecified atom stereocenters. The van der Waals surface area contributed by atoms with Gasteiger partial charge in [0.25, 0.3) is 0 Å². The van der Waals surface area contributed by atoms with E-state index < -0.39 is 0 Å². The van der Waals surface area contributed by atoms with Gasteiger partial charge in [-0.1, -0.05) is 36.9 Å². The molecule has 0 radical (unpaired) electrons. The topological polar surface area (TPSA) is 39.2 Å². The molecule has 19 heavy (non-hydrogen) atoms. The number of hydrogen-bond acceptors (Lipinski definition) is 3. The van der Waals surface area contributed by atoms with Gasteiger partial charge >= 0.3 is 0 Å². The van der Waals surface area contributed by atoms with Crippen LogP contribution < -0.4 is 4.74 Å². The van der Waals surface area contributed by atoms with E-state index in [1.165, 1.54) is 5.56 Å². The molecule has 1 aromatic carbocycles. The van der Waals surface area contributed by atoms with Gasteiger partial charge in [0, 0.05) is 6.42 Å². The first-order valence-electron chi connectivity index (χ1n) is 6.07. The highest BCUT2D eigenvalue weighted by atomic mass is 16.5. The number of nitrogens with zero attached hydrogens (tertiary/aromatic N) is 1. The average Bonchev–Trinajstić information content (AvgIpc) is 2.49. The number of benzene rings is 1. The molecule has 0 bridgehead atoms. The molecule has 2 rings (SSSR count). The van der Waals surface area contributed by atoms with Crippen molar-refractivity contribution in [3.63, 3.8) is 0 Å². The Morgan fingerprint density at radius 3 is 2.53 bits per heavy atom. The summed E-state index contributed by atoms with van der Waals surface area (Å²) in [6.07, 6.45) is 4.92. The van der Waals surface area contributed by atoms with Crippen molar-refractivity contribution in [3.05, 3.63) is 66.0 Å². The van der Waals surface area contributed by atoms with Crippen LogP contribution >= 0.6 is 0 Å². The molecule has 1 aromatic heterocycles. The van der Waals surface area contributed by atoms with Crippen molar-refractivity contribution in [1.29, 1.82) is 0 Å². The van der Waals surface area contributed by atoms with Gasteiger partial charge in [-0.25, -0.2) is 4.98 Å². The molecule has 0 spiro atoms. The molecule has 0 amide bonds. The summed E-state index contributed by atoms with van der Waals surface area (Å²) >= 11 is 0. The van der Waals surface area contributed by atoms with Crippen molar-refractivity contribution in [2.75, 3.05) is 6.61 Å². The fourth-order valence-electron chi connectivity index (χ4n) is 1.65. The minimum Gasteiger partial charge on any atom is -0.492 e. The Kier molecular flexibility index (Phi) is 4.45. The normalized spacial score (nSPS) is 9.89. The molecule has 2 aromatic rings. The van der Waals surface area contributed by atoms with Crippen LogP contribution in [0, 0.1) is 0 Å². The number of ether oxygens (including phenoxy) is 1. The number of hydrogen-bond donors (Lipinski definition) is 0. The molecular weight excluding hydrogens is 238 g/mol. The van der Waals surface area contributed by atoms with Gasteiger partial charge in [-0.15, -0.1) is 0 Å². The van der Waals surface area contributed by atoms with Crippen molar-refractivity contribution in [2.24, 2.45) is 0 Å². The van der Waals surface area contributed by atoms with Gasteiger partial charge in [0.1, 0.15) is 11.4 Å². The smallest absolute Gasteiger partial charge is 0.168 e. The second-order valence-corrected chi connectivity index (χ2v) is 4.08. The minimum absolute atomic E-state index is 0.410. The molecular formula is C16H15NO2. The summed E-state index contributed by atoms with van der Waals surface area (Å²) in [7, 11) is 0. The second-order valence-electron chi connectivity index (χ2n) is 4.08. The summed E-state index contributed by atoms with van der Waals surface area (Å²) in [5, 5.41) is 0. The van der Waals surface area contributed by atoms with Crippen molar-refractivity contribution in [1.82, 2.24) is 4.98 Å². The molecule has 0 atom stereocenters. The van der Waals surface area contributed by atoms with Gasteiger partial charge in [-0.2, -0.15) is 0 Å². The number of carbonyl (C=O) groups excluding carboxylic acids is 1.